The average Bonchev–Trinajstić information content (AvgIpc) is 3.13. The minimum atomic E-state index is -0.889. The van der Waals surface area contributed by atoms with Gasteiger partial charge in [-0.2, -0.15) is 0 Å². The lowest BCUT2D eigenvalue weighted by molar-refractivity contribution is -0.136. The fourth-order valence-electron chi connectivity index (χ4n) is 2.86. The number of carboxylic acid groups (broad SMARTS) is 1. The highest BCUT2D eigenvalue weighted by Crippen LogP contribution is 2.33. The lowest BCUT2D eigenvalue weighted by Crippen LogP contribution is -2.22. The number of β-amino-alcohol motifs (C(OH)–C–C–N with tert-alkyl or cyclic N) is 1. The van der Waals surface area contributed by atoms with Crippen molar-refractivity contribution in [3.63, 3.8) is 0 Å². The molecule has 162 valence electrons. The van der Waals surface area contributed by atoms with Crippen LogP contribution in [-0.2, 0) is 11.2 Å². The summed E-state index contributed by atoms with van der Waals surface area (Å²) in [5.74, 6) is -0.889. The van der Waals surface area contributed by atoms with Crippen molar-refractivity contribution in [2.45, 2.75) is 19.3 Å². The second kappa shape index (κ2) is 14.2. The number of carbonyl (C=O) groups is 1. The van der Waals surface area contributed by atoms with Gasteiger partial charge in [-0.05, 0) is 49.7 Å². The first kappa shape index (κ1) is 27.1. The molecule has 1 aliphatic heterocycles. The number of para-hydroxylation sites is 2. The van der Waals surface area contributed by atoms with Gasteiger partial charge in [0.2, 0.25) is 0 Å². The van der Waals surface area contributed by atoms with E-state index in [1.54, 1.807) is 36.4 Å². The van der Waals surface area contributed by atoms with E-state index in [9.17, 15) is 4.79 Å². The van der Waals surface area contributed by atoms with Crippen molar-refractivity contribution in [1.29, 1.82) is 0 Å². The second-order valence-electron chi connectivity index (χ2n) is 6.22. The minimum absolute atomic E-state index is 0. The molecule has 29 heavy (non-hydrogen) atoms. The molecule has 1 heterocycles. The Morgan fingerprint density at radius 2 is 1.59 bits per heavy atom. The van der Waals surface area contributed by atoms with E-state index < -0.39 is 5.97 Å². The number of hydrogen-bond donors (Lipinski definition) is 3. The Balaban J connectivity index is 0.000000667. The molecule has 0 aromatic heterocycles. The largest absolute Gasteiger partial charge is 0.481 e. The lowest BCUT2D eigenvalue weighted by atomic mass is 10.1. The molecular formula is C20H28Cl2N2O5. The van der Waals surface area contributed by atoms with Crippen molar-refractivity contribution >= 4 is 40.5 Å². The molecule has 7 nitrogen and oxygen atoms in total. The van der Waals surface area contributed by atoms with Crippen LogP contribution in [0.4, 0.5) is 11.4 Å². The normalized spacial score (nSPS) is 12.8. The highest BCUT2D eigenvalue weighted by molar-refractivity contribution is 6.39. The molecule has 1 fully saturated rings. The van der Waals surface area contributed by atoms with Crippen LogP contribution in [0, 0.1) is 0 Å². The Morgan fingerprint density at radius 1 is 1.00 bits per heavy atom. The predicted molar refractivity (Wildman–Crippen MR) is 118 cm³/mol. The topological polar surface area (TPSA) is 136 Å². The van der Waals surface area contributed by atoms with Gasteiger partial charge in [0.05, 0.1) is 28.8 Å². The molecule has 1 saturated heterocycles. The summed E-state index contributed by atoms with van der Waals surface area (Å²) < 4.78 is 0. The second-order valence-corrected chi connectivity index (χ2v) is 7.04. The van der Waals surface area contributed by atoms with Crippen molar-refractivity contribution in [2.24, 2.45) is 0 Å². The van der Waals surface area contributed by atoms with Crippen molar-refractivity contribution in [1.82, 2.24) is 4.90 Å². The first-order chi connectivity index (χ1) is 13.0. The van der Waals surface area contributed by atoms with Crippen LogP contribution in [0.3, 0.4) is 0 Å². The quantitative estimate of drug-likeness (QED) is 0.626. The van der Waals surface area contributed by atoms with E-state index >= 15 is 0 Å². The number of halogens is 2. The summed E-state index contributed by atoms with van der Waals surface area (Å²) in [6.45, 7) is 3.58. The van der Waals surface area contributed by atoms with Crippen LogP contribution in [0.15, 0.2) is 42.5 Å². The van der Waals surface area contributed by atoms with E-state index in [0.717, 1.165) is 6.54 Å². The third-order valence-electron chi connectivity index (χ3n) is 4.20. The molecule has 0 unspecified atom stereocenters. The lowest BCUT2D eigenvalue weighted by Gasteiger charge is -2.13. The summed E-state index contributed by atoms with van der Waals surface area (Å²) in [6, 6.07) is 12.3. The molecule has 1 aliphatic rings. The van der Waals surface area contributed by atoms with E-state index in [1.807, 2.05) is 6.07 Å². The van der Waals surface area contributed by atoms with Crippen molar-refractivity contribution in [2.75, 3.05) is 31.6 Å². The number of benzene rings is 2. The van der Waals surface area contributed by atoms with Gasteiger partial charge in [0.15, 0.2) is 0 Å². The molecule has 0 bridgehead atoms. The zero-order chi connectivity index (χ0) is 19.6. The van der Waals surface area contributed by atoms with Crippen molar-refractivity contribution in [3.8, 4) is 0 Å². The number of aliphatic hydroxyl groups is 1. The molecule has 2 aromatic carbocycles. The fraction of sp³-hybridized carbons (Fsp3) is 0.350. The maximum Gasteiger partial charge on any atom is 0.307 e. The molecule has 9 heteroatoms. The molecule has 2 aromatic rings. The Hall–Kier alpha value is -1.87. The van der Waals surface area contributed by atoms with E-state index in [0.29, 0.717) is 33.6 Å². The number of aliphatic hydroxyl groups excluding tert-OH is 1. The number of nitrogens with zero attached hydrogens (tertiary/aromatic N) is 1. The number of hydrogen-bond acceptors (Lipinski definition) is 4. The van der Waals surface area contributed by atoms with Crippen LogP contribution in [0.25, 0.3) is 0 Å². The Bertz CT molecular complexity index is 735. The van der Waals surface area contributed by atoms with Crippen LogP contribution >= 0.6 is 23.2 Å². The number of carboxylic acids is 1. The molecule has 0 saturated carbocycles. The zero-order valence-corrected chi connectivity index (χ0v) is 17.5. The van der Waals surface area contributed by atoms with E-state index in [2.05, 4.69) is 10.2 Å². The predicted octanol–water partition coefficient (Wildman–Crippen LogP) is 2.79. The molecule has 0 spiro atoms. The summed E-state index contributed by atoms with van der Waals surface area (Å²) in [4.78, 5) is 13.1. The third kappa shape index (κ3) is 8.99. The SMILES string of the molecule is O.O.O=C(O)Cc1ccccc1Nc1c(Cl)cccc1Cl.OCCN1CCCC1. The van der Waals surface area contributed by atoms with Gasteiger partial charge >= 0.3 is 5.97 Å². The van der Waals surface area contributed by atoms with Gasteiger partial charge in [0, 0.05) is 12.2 Å². The van der Waals surface area contributed by atoms with Crippen LogP contribution in [0.1, 0.15) is 18.4 Å². The summed E-state index contributed by atoms with van der Waals surface area (Å²) in [5, 5.41) is 21.4. The smallest absolute Gasteiger partial charge is 0.307 e. The molecule has 0 radical (unpaired) electrons. The molecular weight excluding hydrogens is 419 g/mol. The highest BCUT2D eigenvalue weighted by Gasteiger charge is 2.10. The van der Waals surface area contributed by atoms with Crippen LogP contribution in [0.5, 0.6) is 0 Å². The van der Waals surface area contributed by atoms with Gasteiger partial charge in [0.1, 0.15) is 0 Å². The maximum atomic E-state index is 10.8. The molecule has 3 rings (SSSR count). The molecule has 0 aliphatic carbocycles. The summed E-state index contributed by atoms with van der Waals surface area (Å²) >= 11 is 12.1. The molecule has 0 atom stereocenters. The van der Waals surface area contributed by atoms with Crippen LogP contribution < -0.4 is 5.32 Å². The Kier molecular flexibility index (Phi) is 13.3. The van der Waals surface area contributed by atoms with Gasteiger partial charge in [-0.25, -0.2) is 0 Å². The number of rotatable bonds is 6. The van der Waals surface area contributed by atoms with Crippen molar-refractivity contribution in [3.05, 3.63) is 58.1 Å². The van der Waals surface area contributed by atoms with Gasteiger partial charge in [-0.3, -0.25) is 4.79 Å². The fourth-order valence-corrected chi connectivity index (χ4v) is 3.35. The number of anilines is 2. The standard InChI is InChI=1S/C14H11Cl2NO2.C6H13NO.2H2O/c15-10-5-3-6-11(16)14(10)17-12-7-2-1-4-9(12)8-13(18)19;8-6-5-7-3-1-2-4-7;;/h1-7,17H,8H2,(H,18,19);8H,1-6H2;2*1H2. The Labute approximate surface area is 180 Å². The van der Waals surface area contributed by atoms with Gasteiger partial charge < -0.3 is 31.4 Å². The zero-order valence-electron chi connectivity index (χ0n) is 16.0. The highest BCUT2D eigenvalue weighted by atomic mass is 35.5. The van der Waals surface area contributed by atoms with Gasteiger partial charge in [0.25, 0.3) is 0 Å². The van der Waals surface area contributed by atoms with E-state index in [1.165, 1.54) is 25.9 Å². The van der Waals surface area contributed by atoms with Crippen LogP contribution in [0.2, 0.25) is 10.0 Å². The van der Waals surface area contributed by atoms with E-state index in [4.69, 9.17) is 33.4 Å². The molecule has 7 N–H and O–H groups in total. The maximum absolute atomic E-state index is 10.8. The van der Waals surface area contributed by atoms with Gasteiger partial charge in [-0.1, -0.05) is 47.5 Å². The first-order valence-corrected chi connectivity index (χ1v) is 9.61. The summed E-state index contributed by atoms with van der Waals surface area (Å²) in [7, 11) is 0. The monoisotopic (exact) mass is 446 g/mol. The third-order valence-corrected chi connectivity index (χ3v) is 4.83. The van der Waals surface area contributed by atoms with Crippen LogP contribution in [-0.4, -0.2) is 58.3 Å². The molecule has 0 amide bonds. The summed E-state index contributed by atoms with van der Waals surface area (Å²) in [5.41, 5.74) is 1.93. The minimum Gasteiger partial charge on any atom is -0.481 e. The van der Waals surface area contributed by atoms with Gasteiger partial charge in [-0.15, -0.1) is 0 Å². The number of nitrogens with one attached hydrogen (secondary N) is 1. The van der Waals surface area contributed by atoms with Crippen molar-refractivity contribution < 1.29 is 26.0 Å². The van der Waals surface area contributed by atoms with E-state index in [-0.39, 0.29) is 17.4 Å². The Morgan fingerprint density at radius 3 is 2.14 bits per heavy atom. The first-order valence-electron chi connectivity index (χ1n) is 8.85. The average molecular weight is 447 g/mol. The number of aliphatic carboxylic acids is 1. The number of likely N-dealkylation sites (tertiary alicyclic amines) is 1. The summed E-state index contributed by atoms with van der Waals surface area (Å²) in [6.07, 6.45) is 2.57.